The fraction of sp³-hybridized carbons (Fsp3) is 0.0625. The minimum Gasteiger partial charge on any atom is -0.272 e. The van der Waals surface area contributed by atoms with Gasteiger partial charge in [0.05, 0.1) is 11.3 Å². The molecule has 1 heterocycles. The molecule has 6 nitrogen and oxygen atoms in total. The van der Waals surface area contributed by atoms with Crippen molar-refractivity contribution in [2.75, 3.05) is 11.9 Å². The normalized spacial score (nSPS) is 15.0. The molecule has 23 heavy (non-hydrogen) atoms. The van der Waals surface area contributed by atoms with Crippen LogP contribution in [0.2, 0.25) is 5.02 Å². The molecule has 0 bridgehead atoms. The van der Waals surface area contributed by atoms with Crippen molar-refractivity contribution in [1.82, 2.24) is 10.4 Å². The molecular weight excluding hydrogens is 318 g/mol. The number of likely N-dealkylation sites (N-methyl/N-ethyl adjacent to an activating group) is 1. The first-order valence-electron chi connectivity index (χ1n) is 6.77. The zero-order valence-electron chi connectivity index (χ0n) is 12.1. The number of carbonyl (C=O) groups is 3. The van der Waals surface area contributed by atoms with Gasteiger partial charge in [0.1, 0.15) is 0 Å². The number of amides is 3. The van der Waals surface area contributed by atoms with Crippen LogP contribution in [0.4, 0.5) is 11.4 Å². The topological polar surface area (TPSA) is 69.7 Å². The van der Waals surface area contributed by atoms with Gasteiger partial charge in [-0.3, -0.25) is 24.7 Å². The molecule has 2 aromatic rings. The number of carbonyl (C=O) groups excluding carboxylic acids is 3. The summed E-state index contributed by atoms with van der Waals surface area (Å²) in [4.78, 5) is 38.4. The molecule has 0 aromatic heterocycles. The van der Waals surface area contributed by atoms with Crippen LogP contribution in [0.15, 0.2) is 48.5 Å². The second kappa shape index (κ2) is 5.73. The van der Waals surface area contributed by atoms with Crippen LogP contribution >= 0.6 is 11.6 Å². The fourth-order valence-electron chi connectivity index (χ4n) is 2.33. The third-order valence-corrected chi connectivity index (χ3v) is 3.65. The van der Waals surface area contributed by atoms with Crippen LogP contribution in [0.1, 0.15) is 10.4 Å². The summed E-state index contributed by atoms with van der Waals surface area (Å²) in [6.07, 6.45) is 0. The Kier molecular flexibility index (Phi) is 3.75. The molecular formula is C16H12ClN3O3. The van der Waals surface area contributed by atoms with Gasteiger partial charge in [0.25, 0.3) is 5.91 Å². The summed E-state index contributed by atoms with van der Waals surface area (Å²) in [7, 11) is 1.32. The van der Waals surface area contributed by atoms with E-state index in [-0.39, 0.29) is 11.3 Å². The Labute approximate surface area is 137 Å². The average Bonchev–Trinajstić information content (AvgIpc) is 2.54. The van der Waals surface area contributed by atoms with Crippen molar-refractivity contribution >= 4 is 40.7 Å². The van der Waals surface area contributed by atoms with E-state index in [1.54, 1.807) is 36.4 Å². The maximum Gasteiger partial charge on any atom is 0.330 e. The Hall–Kier alpha value is -2.86. The number of benzene rings is 2. The molecule has 0 aliphatic carbocycles. The molecule has 3 rings (SSSR count). The third kappa shape index (κ3) is 2.64. The number of hydrogen-bond donors (Lipinski definition) is 1. The number of hydrazine groups is 1. The van der Waals surface area contributed by atoms with Gasteiger partial charge in [-0.15, -0.1) is 0 Å². The van der Waals surface area contributed by atoms with E-state index in [0.29, 0.717) is 10.7 Å². The second-order valence-corrected chi connectivity index (χ2v) is 5.38. The van der Waals surface area contributed by atoms with E-state index in [9.17, 15) is 14.4 Å². The maximum atomic E-state index is 12.6. The molecule has 0 radical (unpaired) electrons. The number of hydrogen-bond acceptors (Lipinski definition) is 3. The summed E-state index contributed by atoms with van der Waals surface area (Å²) in [5.41, 5.74) is 3.33. The predicted octanol–water partition coefficient (Wildman–Crippen LogP) is 2.12. The van der Waals surface area contributed by atoms with Crippen molar-refractivity contribution < 1.29 is 14.4 Å². The monoisotopic (exact) mass is 329 g/mol. The fourth-order valence-corrected chi connectivity index (χ4v) is 2.49. The summed E-state index contributed by atoms with van der Waals surface area (Å²) in [5, 5.41) is 1.23. The molecule has 1 N–H and O–H groups in total. The largest absolute Gasteiger partial charge is 0.330 e. The van der Waals surface area contributed by atoms with Crippen LogP contribution in [-0.4, -0.2) is 29.8 Å². The van der Waals surface area contributed by atoms with Crippen molar-refractivity contribution in [3.05, 3.63) is 59.1 Å². The Morgan fingerprint density at radius 2 is 1.65 bits per heavy atom. The van der Waals surface area contributed by atoms with Gasteiger partial charge in [-0.25, -0.2) is 5.01 Å². The molecule has 0 unspecified atom stereocenters. The number of para-hydroxylation sites is 1. The highest BCUT2D eigenvalue weighted by atomic mass is 35.5. The highest BCUT2D eigenvalue weighted by Gasteiger charge is 2.34. The van der Waals surface area contributed by atoms with E-state index in [4.69, 9.17) is 11.6 Å². The standard InChI is InChI=1S/C16H12ClN3O3/c1-19-15(22)16(23)20(11-5-3-2-4-6-11)13-9-10(17)7-8-12(13)14(21)18-19/h2-9H,1H3,(H,18,21). The van der Waals surface area contributed by atoms with Gasteiger partial charge in [0.2, 0.25) is 0 Å². The van der Waals surface area contributed by atoms with Crippen LogP contribution in [0.3, 0.4) is 0 Å². The zero-order valence-corrected chi connectivity index (χ0v) is 12.9. The van der Waals surface area contributed by atoms with Crippen LogP contribution in [-0.2, 0) is 9.59 Å². The van der Waals surface area contributed by atoms with E-state index in [0.717, 1.165) is 5.01 Å². The molecule has 3 amide bonds. The number of nitrogens with zero attached hydrogens (tertiary/aromatic N) is 2. The van der Waals surface area contributed by atoms with Crippen LogP contribution in [0.25, 0.3) is 0 Å². The lowest BCUT2D eigenvalue weighted by Gasteiger charge is -2.30. The van der Waals surface area contributed by atoms with Gasteiger partial charge in [0.15, 0.2) is 0 Å². The first-order valence-corrected chi connectivity index (χ1v) is 7.14. The molecule has 7 heteroatoms. The average molecular weight is 330 g/mol. The van der Waals surface area contributed by atoms with Gasteiger partial charge < -0.3 is 0 Å². The number of nitrogens with one attached hydrogen (secondary N) is 1. The first-order chi connectivity index (χ1) is 11.0. The van der Waals surface area contributed by atoms with Gasteiger partial charge in [0, 0.05) is 17.8 Å². The van der Waals surface area contributed by atoms with E-state index < -0.39 is 17.7 Å². The molecule has 0 fully saturated rings. The van der Waals surface area contributed by atoms with Crippen molar-refractivity contribution in [3.8, 4) is 0 Å². The lowest BCUT2D eigenvalue weighted by Crippen LogP contribution is -2.52. The van der Waals surface area contributed by atoms with Gasteiger partial charge in [-0.2, -0.15) is 0 Å². The lowest BCUT2D eigenvalue weighted by molar-refractivity contribution is -0.144. The number of anilines is 2. The molecule has 116 valence electrons. The third-order valence-electron chi connectivity index (χ3n) is 3.42. The van der Waals surface area contributed by atoms with Crippen molar-refractivity contribution in [3.63, 3.8) is 0 Å². The Morgan fingerprint density at radius 1 is 0.957 bits per heavy atom. The summed E-state index contributed by atoms with van der Waals surface area (Å²) in [6.45, 7) is 0. The number of halogens is 1. The van der Waals surface area contributed by atoms with Gasteiger partial charge in [-0.05, 0) is 30.3 Å². The zero-order chi connectivity index (χ0) is 16.6. The maximum absolute atomic E-state index is 12.6. The van der Waals surface area contributed by atoms with Gasteiger partial charge >= 0.3 is 11.8 Å². The van der Waals surface area contributed by atoms with Crippen LogP contribution < -0.4 is 10.3 Å². The minimum absolute atomic E-state index is 0.242. The lowest BCUT2D eigenvalue weighted by atomic mass is 10.1. The highest BCUT2D eigenvalue weighted by molar-refractivity contribution is 6.43. The molecule has 0 spiro atoms. The van der Waals surface area contributed by atoms with E-state index >= 15 is 0 Å². The first kappa shape index (κ1) is 15.1. The molecule has 0 saturated carbocycles. The van der Waals surface area contributed by atoms with E-state index in [2.05, 4.69) is 5.43 Å². The van der Waals surface area contributed by atoms with Crippen LogP contribution in [0, 0.1) is 0 Å². The second-order valence-electron chi connectivity index (χ2n) is 4.94. The molecule has 1 aliphatic rings. The van der Waals surface area contributed by atoms with Crippen molar-refractivity contribution in [2.45, 2.75) is 0 Å². The minimum atomic E-state index is -0.854. The van der Waals surface area contributed by atoms with Gasteiger partial charge in [-0.1, -0.05) is 29.8 Å². The summed E-state index contributed by atoms with van der Waals surface area (Å²) < 4.78 is 0. The highest BCUT2D eigenvalue weighted by Crippen LogP contribution is 2.32. The SMILES string of the molecule is CN1NC(=O)c2ccc(Cl)cc2N(c2ccccc2)C(=O)C1=O. The number of rotatable bonds is 1. The molecule has 1 aliphatic heterocycles. The number of fused-ring (bicyclic) bond motifs is 1. The van der Waals surface area contributed by atoms with Crippen molar-refractivity contribution in [2.24, 2.45) is 0 Å². The smallest absolute Gasteiger partial charge is 0.272 e. The summed E-state index contributed by atoms with van der Waals surface area (Å²) in [6, 6.07) is 13.2. The summed E-state index contributed by atoms with van der Waals surface area (Å²) >= 11 is 6.02. The Bertz CT molecular complexity index is 807. The van der Waals surface area contributed by atoms with Crippen molar-refractivity contribution in [1.29, 1.82) is 0 Å². The Morgan fingerprint density at radius 3 is 2.35 bits per heavy atom. The van der Waals surface area contributed by atoms with E-state index in [1.807, 2.05) is 0 Å². The Balaban J connectivity index is 2.27. The predicted molar refractivity (Wildman–Crippen MR) is 85.3 cm³/mol. The quantitative estimate of drug-likeness (QED) is 0.815. The molecule has 2 aromatic carbocycles. The van der Waals surface area contributed by atoms with Crippen LogP contribution in [0.5, 0.6) is 0 Å². The molecule has 0 atom stereocenters. The molecule has 0 saturated heterocycles. The van der Waals surface area contributed by atoms with E-state index in [1.165, 1.54) is 24.1 Å². The summed E-state index contributed by atoms with van der Waals surface area (Å²) in [5.74, 6) is -2.14.